The van der Waals surface area contributed by atoms with Crippen LogP contribution in [0.1, 0.15) is 57.5 Å². The third-order valence-electron chi connectivity index (χ3n) is 8.67. The molecule has 0 atom stereocenters. The van der Waals surface area contributed by atoms with E-state index in [2.05, 4.69) is 10.6 Å². The zero-order chi connectivity index (χ0) is 31.0. The quantitative estimate of drug-likeness (QED) is 0.231. The van der Waals surface area contributed by atoms with Gasteiger partial charge in [-0.3, -0.25) is 9.59 Å². The predicted octanol–water partition coefficient (Wildman–Crippen LogP) is 6.41. The number of carbonyl (C=O) groups is 2. The van der Waals surface area contributed by atoms with Crippen LogP contribution in [0, 0.1) is 6.92 Å². The maximum absolute atomic E-state index is 12.8. The number of carbonyl (C=O) groups excluding carboxylic acids is 2. The molecule has 0 unspecified atom stereocenters. The molecule has 45 heavy (non-hydrogen) atoms. The van der Waals surface area contributed by atoms with Crippen molar-refractivity contribution in [3.63, 3.8) is 0 Å². The number of hydrogen-bond acceptors (Lipinski definition) is 5. The van der Waals surface area contributed by atoms with Gasteiger partial charge in [-0.05, 0) is 98.1 Å². The standard InChI is InChI=1S/C38H41N3O4/c1-27-2-6-32(7-3-27)38(43)41-24-20-36(21-25-41)45-35-14-4-28(5-15-35)26-44-34-16-12-30(13-17-34)29-8-10-31(11-9-29)37(42)40-33-18-22-39-23-19-33/h2-17,33,36,39H,18-26H2,1H3,(H,40,42). The third kappa shape index (κ3) is 8.11. The molecule has 7 nitrogen and oxygen atoms in total. The van der Waals surface area contributed by atoms with E-state index in [1.165, 1.54) is 0 Å². The lowest BCUT2D eigenvalue weighted by Crippen LogP contribution is -2.42. The van der Waals surface area contributed by atoms with Gasteiger partial charge in [0.15, 0.2) is 0 Å². The third-order valence-corrected chi connectivity index (χ3v) is 8.67. The summed E-state index contributed by atoms with van der Waals surface area (Å²) in [4.78, 5) is 27.3. The lowest BCUT2D eigenvalue weighted by atomic mass is 10.0. The number of hydrogen-bond donors (Lipinski definition) is 2. The predicted molar refractivity (Wildman–Crippen MR) is 177 cm³/mol. The highest BCUT2D eigenvalue weighted by Gasteiger charge is 2.24. The first-order chi connectivity index (χ1) is 22.0. The fourth-order valence-corrected chi connectivity index (χ4v) is 5.87. The van der Waals surface area contributed by atoms with Crippen LogP contribution < -0.4 is 20.1 Å². The Morgan fingerprint density at radius 1 is 0.733 bits per heavy atom. The number of aryl methyl sites for hydroxylation is 1. The molecule has 2 aliphatic heterocycles. The van der Waals surface area contributed by atoms with E-state index < -0.39 is 0 Å². The number of piperidine rings is 2. The summed E-state index contributed by atoms with van der Waals surface area (Å²) in [6.45, 7) is 5.78. The summed E-state index contributed by atoms with van der Waals surface area (Å²) in [5, 5.41) is 6.47. The molecule has 4 aromatic rings. The Bertz CT molecular complexity index is 1550. The van der Waals surface area contributed by atoms with Gasteiger partial charge in [0.1, 0.15) is 24.2 Å². The summed E-state index contributed by atoms with van der Waals surface area (Å²) in [6.07, 6.45) is 3.67. The van der Waals surface area contributed by atoms with Crippen LogP contribution in [-0.2, 0) is 6.61 Å². The summed E-state index contributed by atoms with van der Waals surface area (Å²) in [5.41, 5.74) is 5.76. The van der Waals surface area contributed by atoms with Crippen molar-refractivity contribution in [2.24, 2.45) is 0 Å². The van der Waals surface area contributed by atoms with E-state index in [0.29, 0.717) is 25.3 Å². The molecule has 2 aliphatic rings. The molecule has 6 rings (SSSR count). The molecule has 0 bridgehead atoms. The minimum absolute atomic E-state index is 0.00983. The molecule has 2 heterocycles. The van der Waals surface area contributed by atoms with Gasteiger partial charge >= 0.3 is 0 Å². The van der Waals surface area contributed by atoms with Crippen LogP contribution in [0.2, 0.25) is 0 Å². The maximum atomic E-state index is 12.8. The molecule has 0 aromatic heterocycles. The van der Waals surface area contributed by atoms with Gasteiger partial charge in [-0.1, -0.05) is 54.1 Å². The van der Waals surface area contributed by atoms with Crippen LogP contribution in [0.5, 0.6) is 11.5 Å². The summed E-state index contributed by atoms with van der Waals surface area (Å²) in [5.74, 6) is 1.71. The van der Waals surface area contributed by atoms with Crippen molar-refractivity contribution >= 4 is 11.8 Å². The normalized spacial score (nSPS) is 15.8. The zero-order valence-electron chi connectivity index (χ0n) is 25.8. The minimum Gasteiger partial charge on any atom is -0.490 e. The molecule has 4 aromatic carbocycles. The molecule has 0 spiro atoms. The van der Waals surface area contributed by atoms with Gasteiger partial charge in [-0.2, -0.15) is 0 Å². The summed E-state index contributed by atoms with van der Waals surface area (Å²) in [7, 11) is 0. The van der Waals surface area contributed by atoms with Crippen LogP contribution in [0.25, 0.3) is 11.1 Å². The molecule has 0 saturated carbocycles. The van der Waals surface area contributed by atoms with Gasteiger partial charge < -0.3 is 25.0 Å². The number of benzene rings is 4. The first-order valence-electron chi connectivity index (χ1n) is 16.0. The Morgan fingerprint density at radius 3 is 1.96 bits per heavy atom. The highest BCUT2D eigenvalue weighted by molar-refractivity contribution is 5.95. The molecule has 0 radical (unpaired) electrons. The van der Waals surface area contributed by atoms with E-state index in [0.717, 1.165) is 78.1 Å². The van der Waals surface area contributed by atoms with Crippen molar-refractivity contribution in [2.75, 3.05) is 26.2 Å². The molecule has 2 amide bonds. The van der Waals surface area contributed by atoms with Crippen LogP contribution >= 0.6 is 0 Å². The number of nitrogens with zero attached hydrogens (tertiary/aromatic N) is 1. The van der Waals surface area contributed by atoms with Crippen molar-refractivity contribution < 1.29 is 19.1 Å². The smallest absolute Gasteiger partial charge is 0.253 e. The number of ether oxygens (including phenoxy) is 2. The average molecular weight is 604 g/mol. The first kappa shape index (κ1) is 30.4. The lowest BCUT2D eigenvalue weighted by molar-refractivity contribution is 0.0595. The van der Waals surface area contributed by atoms with E-state index in [1.807, 2.05) is 109 Å². The number of nitrogens with one attached hydrogen (secondary N) is 2. The lowest BCUT2D eigenvalue weighted by Gasteiger charge is -2.32. The van der Waals surface area contributed by atoms with Crippen molar-refractivity contribution in [2.45, 2.75) is 51.4 Å². The van der Waals surface area contributed by atoms with Gasteiger partial charge in [0.2, 0.25) is 0 Å². The van der Waals surface area contributed by atoms with Crippen LogP contribution in [0.3, 0.4) is 0 Å². The van der Waals surface area contributed by atoms with Crippen LogP contribution in [-0.4, -0.2) is 55.0 Å². The molecule has 7 heteroatoms. The minimum atomic E-state index is -0.00983. The van der Waals surface area contributed by atoms with Crippen molar-refractivity contribution in [1.82, 2.24) is 15.5 Å². The Labute approximate surface area is 265 Å². The van der Waals surface area contributed by atoms with Crippen LogP contribution in [0.15, 0.2) is 97.1 Å². The number of likely N-dealkylation sites (tertiary alicyclic amines) is 1. The second-order valence-electron chi connectivity index (χ2n) is 12.0. The number of amides is 2. The maximum Gasteiger partial charge on any atom is 0.253 e. The molecule has 2 saturated heterocycles. The van der Waals surface area contributed by atoms with Crippen molar-refractivity contribution in [1.29, 1.82) is 0 Å². The Morgan fingerprint density at radius 2 is 1.31 bits per heavy atom. The fourth-order valence-electron chi connectivity index (χ4n) is 5.87. The van der Waals surface area contributed by atoms with E-state index in [4.69, 9.17) is 9.47 Å². The molecule has 2 fully saturated rings. The van der Waals surface area contributed by atoms with Gasteiger partial charge in [0.05, 0.1) is 0 Å². The van der Waals surface area contributed by atoms with Gasteiger partial charge in [0.25, 0.3) is 11.8 Å². The summed E-state index contributed by atoms with van der Waals surface area (Å²) in [6, 6.07) is 31.8. The fraction of sp³-hybridized carbons (Fsp3) is 0.316. The average Bonchev–Trinajstić information content (AvgIpc) is 3.09. The largest absolute Gasteiger partial charge is 0.490 e. The highest BCUT2D eigenvalue weighted by atomic mass is 16.5. The van der Waals surface area contributed by atoms with E-state index in [9.17, 15) is 9.59 Å². The van der Waals surface area contributed by atoms with Gasteiger partial charge in [0, 0.05) is 43.1 Å². The second-order valence-corrected chi connectivity index (χ2v) is 12.0. The summed E-state index contributed by atoms with van der Waals surface area (Å²) >= 11 is 0. The highest BCUT2D eigenvalue weighted by Crippen LogP contribution is 2.25. The topological polar surface area (TPSA) is 79.9 Å². The SMILES string of the molecule is Cc1ccc(C(=O)N2CCC(Oc3ccc(COc4ccc(-c5ccc(C(=O)NC6CCNCC6)cc5)cc4)cc3)CC2)cc1. The number of rotatable bonds is 9. The Hall–Kier alpha value is -4.62. The zero-order valence-corrected chi connectivity index (χ0v) is 25.8. The van der Waals surface area contributed by atoms with E-state index in [-0.39, 0.29) is 24.0 Å². The molecular weight excluding hydrogens is 562 g/mol. The molecular formula is C38H41N3O4. The molecule has 2 N–H and O–H groups in total. The first-order valence-corrected chi connectivity index (χ1v) is 16.0. The summed E-state index contributed by atoms with van der Waals surface area (Å²) < 4.78 is 12.3. The van der Waals surface area contributed by atoms with Crippen LogP contribution in [0.4, 0.5) is 0 Å². The van der Waals surface area contributed by atoms with E-state index >= 15 is 0 Å². The Kier molecular flexibility index (Phi) is 9.76. The van der Waals surface area contributed by atoms with Crippen molar-refractivity contribution in [3.8, 4) is 22.6 Å². The Balaban J connectivity index is 0.939. The van der Waals surface area contributed by atoms with Gasteiger partial charge in [-0.15, -0.1) is 0 Å². The molecule has 0 aliphatic carbocycles. The monoisotopic (exact) mass is 603 g/mol. The van der Waals surface area contributed by atoms with Crippen molar-refractivity contribution in [3.05, 3.63) is 119 Å². The van der Waals surface area contributed by atoms with Gasteiger partial charge in [-0.25, -0.2) is 0 Å². The second kappa shape index (κ2) is 14.4. The van der Waals surface area contributed by atoms with E-state index in [1.54, 1.807) is 0 Å². The molecule has 232 valence electrons.